The van der Waals surface area contributed by atoms with Crippen molar-refractivity contribution in [3.05, 3.63) is 65.2 Å². The molecule has 0 aromatic heterocycles. The molecule has 0 aliphatic carbocycles. The van der Waals surface area contributed by atoms with Crippen LogP contribution in [-0.2, 0) is 19.9 Å². The lowest BCUT2D eigenvalue weighted by Crippen LogP contribution is -2.52. The van der Waals surface area contributed by atoms with Crippen molar-refractivity contribution in [1.29, 1.82) is 0 Å². The van der Waals surface area contributed by atoms with Crippen LogP contribution in [0.3, 0.4) is 0 Å². The predicted molar refractivity (Wildman–Crippen MR) is 118 cm³/mol. The first kappa shape index (κ1) is 23.4. The van der Waals surface area contributed by atoms with Crippen molar-refractivity contribution in [3.8, 4) is 5.75 Å². The normalized spacial score (nSPS) is 16.3. The van der Waals surface area contributed by atoms with Gasteiger partial charge in [0.15, 0.2) is 12.1 Å². The molecule has 2 aromatic rings. The lowest BCUT2D eigenvalue weighted by atomic mass is 9.91. The highest BCUT2D eigenvalue weighted by Crippen LogP contribution is 2.43. The second kappa shape index (κ2) is 10.4. The van der Waals surface area contributed by atoms with Gasteiger partial charge in [-0.3, -0.25) is 4.79 Å². The first-order valence-electron chi connectivity index (χ1n) is 9.64. The third kappa shape index (κ3) is 5.71. The summed E-state index contributed by atoms with van der Waals surface area (Å²) in [6.45, 7) is 0.846. The van der Waals surface area contributed by atoms with Crippen molar-refractivity contribution in [3.63, 3.8) is 0 Å². The van der Waals surface area contributed by atoms with Gasteiger partial charge in [-0.25, -0.2) is 13.6 Å². The maximum atomic E-state index is 14.3. The number of halogens is 2. The molecule has 0 bridgehead atoms. The zero-order chi connectivity index (χ0) is 22.4. The van der Waals surface area contributed by atoms with E-state index in [4.69, 9.17) is 9.47 Å². The molecule has 1 amide bonds. The summed E-state index contributed by atoms with van der Waals surface area (Å²) in [7, 11) is 1.10. The van der Waals surface area contributed by atoms with Crippen LogP contribution in [0.2, 0.25) is 0 Å². The number of thioether (sulfide) groups is 2. The predicted octanol–water partition coefficient (Wildman–Crippen LogP) is 4.42. The number of ether oxygens (including phenoxy) is 2. The van der Waals surface area contributed by atoms with Crippen LogP contribution < -0.4 is 10.1 Å². The van der Waals surface area contributed by atoms with E-state index in [2.05, 4.69) is 5.32 Å². The fourth-order valence-corrected chi connectivity index (χ4v) is 6.07. The number of hydrogen-bond donors (Lipinski definition) is 1. The molecule has 0 spiro atoms. The Kier molecular flexibility index (Phi) is 7.83. The Morgan fingerprint density at radius 3 is 2.45 bits per heavy atom. The molecular formula is C22H23F2NO4S2. The number of esters is 1. The summed E-state index contributed by atoms with van der Waals surface area (Å²) in [5, 5.41) is 2.41. The summed E-state index contributed by atoms with van der Waals surface area (Å²) < 4.78 is 38.6. The largest absolute Gasteiger partial charge is 0.484 e. The minimum atomic E-state index is -1.92. The highest BCUT2D eigenvalue weighted by molar-refractivity contribution is 8.16. The number of hydrogen-bond acceptors (Lipinski definition) is 6. The van der Waals surface area contributed by atoms with Crippen LogP contribution in [0.5, 0.6) is 5.75 Å². The molecule has 2 aromatic carbocycles. The second-order valence-corrected chi connectivity index (χ2v) is 9.80. The van der Waals surface area contributed by atoms with Crippen LogP contribution in [-0.4, -0.2) is 37.1 Å². The van der Waals surface area contributed by atoms with Crippen molar-refractivity contribution in [2.75, 3.05) is 25.2 Å². The maximum Gasteiger partial charge on any atom is 0.336 e. The highest BCUT2D eigenvalue weighted by Gasteiger charge is 2.40. The van der Waals surface area contributed by atoms with Gasteiger partial charge in [-0.2, -0.15) is 0 Å². The Morgan fingerprint density at radius 1 is 1.13 bits per heavy atom. The van der Waals surface area contributed by atoms with E-state index in [1.807, 2.05) is 35.7 Å². The van der Waals surface area contributed by atoms with Crippen molar-refractivity contribution in [2.24, 2.45) is 0 Å². The molecule has 0 saturated carbocycles. The van der Waals surface area contributed by atoms with Gasteiger partial charge in [-0.15, -0.1) is 23.5 Å². The molecule has 9 heteroatoms. The van der Waals surface area contributed by atoms with Gasteiger partial charge in [0.05, 0.1) is 11.7 Å². The lowest BCUT2D eigenvalue weighted by Gasteiger charge is -2.28. The first-order chi connectivity index (χ1) is 14.8. The van der Waals surface area contributed by atoms with E-state index in [9.17, 15) is 18.4 Å². The van der Waals surface area contributed by atoms with Gasteiger partial charge in [0.2, 0.25) is 0 Å². The molecule has 5 nitrogen and oxygen atoms in total. The minimum Gasteiger partial charge on any atom is -0.484 e. The summed E-state index contributed by atoms with van der Waals surface area (Å²) in [5.74, 6) is -0.435. The number of nitrogens with one attached hydrogen (secondary N) is 1. The van der Waals surface area contributed by atoms with Crippen LogP contribution >= 0.6 is 23.5 Å². The van der Waals surface area contributed by atoms with Crippen LogP contribution in [0, 0.1) is 11.6 Å². The van der Waals surface area contributed by atoms with Crippen LogP contribution in [0.15, 0.2) is 42.5 Å². The van der Waals surface area contributed by atoms with Gasteiger partial charge in [0.25, 0.3) is 5.91 Å². The molecule has 1 saturated heterocycles. The van der Waals surface area contributed by atoms with Crippen LogP contribution in [0.1, 0.15) is 29.1 Å². The minimum absolute atomic E-state index is 0.334. The Bertz CT molecular complexity index is 936. The zero-order valence-corrected chi connectivity index (χ0v) is 18.8. The fourth-order valence-electron chi connectivity index (χ4n) is 3.18. The Balaban J connectivity index is 1.66. The number of carbonyl (C=O) groups is 2. The quantitative estimate of drug-likeness (QED) is 0.609. The Hall–Kier alpha value is -2.26. The third-order valence-corrected chi connectivity index (χ3v) is 7.81. The van der Waals surface area contributed by atoms with Crippen LogP contribution in [0.4, 0.5) is 8.78 Å². The summed E-state index contributed by atoms with van der Waals surface area (Å²) in [4.78, 5) is 24.8. The number of amides is 1. The second-order valence-electron chi connectivity index (χ2n) is 7.07. The number of carbonyl (C=O) groups excluding carboxylic acids is 2. The van der Waals surface area contributed by atoms with Crippen molar-refractivity contribution in [2.45, 2.75) is 23.5 Å². The van der Waals surface area contributed by atoms with Gasteiger partial charge in [-0.05, 0) is 60.7 Å². The van der Waals surface area contributed by atoms with E-state index < -0.39 is 35.7 Å². The van der Waals surface area contributed by atoms with Crippen molar-refractivity contribution in [1.82, 2.24) is 5.32 Å². The van der Waals surface area contributed by atoms with Gasteiger partial charge < -0.3 is 14.8 Å². The average Bonchev–Trinajstić information content (AvgIpc) is 2.79. The molecule has 166 valence electrons. The SMILES string of the molecule is COC(=O)C(C)(NC(=O)COc1ccc(C2SCCCS2)cc1)c1cc(F)ccc1F. The molecule has 1 unspecified atom stereocenters. The highest BCUT2D eigenvalue weighted by atomic mass is 32.2. The standard InChI is InChI=1S/C22H23F2NO4S2/c1-22(21(27)28-2,17-12-15(23)6-9-18(17)24)25-19(26)13-29-16-7-4-14(5-8-16)20-30-10-3-11-31-20/h4-9,12,20H,3,10-11,13H2,1-2H3,(H,25,26). The molecule has 1 aliphatic rings. The lowest BCUT2D eigenvalue weighted by molar-refractivity contribution is -0.151. The van der Waals surface area contributed by atoms with Gasteiger partial charge >= 0.3 is 5.97 Å². The van der Waals surface area contributed by atoms with Crippen molar-refractivity contribution < 1.29 is 27.8 Å². The molecule has 1 heterocycles. The topological polar surface area (TPSA) is 64.6 Å². The maximum absolute atomic E-state index is 14.3. The monoisotopic (exact) mass is 467 g/mol. The molecule has 3 rings (SSSR count). The number of benzene rings is 2. The Labute approximate surface area is 188 Å². The number of rotatable bonds is 7. The van der Waals surface area contributed by atoms with Gasteiger partial charge in [-0.1, -0.05) is 12.1 Å². The fraction of sp³-hybridized carbons (Fsp3) is 0.364. The third-order valence-electron chi connectivity index (χ3n) is 4.80. The molecule has 1 aliphatic heterocycles. The van der Waals surface area contributed by atoms with E-state index in [0.29, 0.717) is 10.3 Å². The number of methoxy groups -OCH3 is 1. The Morgan fingerprint density at radius 2 is 1.81 bits per heavy atom. The molecule has 1 atom stereocenters. The smallest absolute Gasteiger partial charge is 0.336 e. The van der Waals surface area contributed by atoms with Crippen LogP contribution in [0.25, 0.3) is 0 Å². The average molecular weight is 468 g/mol. The van der Waals surface area contributed by atoms with Crippen molar-refractivity contribution >= 4 is 35.4 Å². The first-order valence-corrected chi connectivity index (χ1v) is 11.7. The zero-order valence-electron chi connectivity index (χ0n) is 17.2. The van der Waals surface area contributed by atoms with Gasteiger partial charge in [0.1, 0.15) is 17.4 Å². The molecule has 1 N–H and O–H groups in total. The summed E-state index contributed by atoms with van der Waals surface area (Å²) in [5.41, 5.74) is -1.06. The van der Waals surface area contributed by atoms with Gasteiger partial charge in [0, 0.05) is 5.56 Å². The molecule has 31 heavy (non-hydrogen) atoms. The molecular weight excluding hydrogens is 444 g/mol. The summed E-state index contributed by atoms with van der Waals surface area (Å²) in [6.07, 6.45) is 1.21. The van der Waals surface area contributed by atoms with E-state index in [-0.39, 0.29) is 5.56 Å². The summed E-state index contributed by atoms with van der Waals surface area (Å²) >= 11 is 3.82. The molecule has 0 radical (unpaired) electrons. The van der Waals surface area contributed by atoms with E-state index in [1.54, 1.807) is 12.1 Å². The van der Waals surface area contributed by atoms with E-state index >= 15 is 0 Å². The van der Waals surface area contributed by atoms with E-state index in [1.165, 1.54) is 18.9 Å². The molecule has 1 fully saturated rings. The van der Waals surface area contributed by atoms with E-state index in [0.717, 1.165) is 36.8 Å². The summed E-state index contributed by atoms with van der Waals surface area (Å²) in [6, 6.07) is 10.2.